The minimum Gasteiger partial charge on any atom is -0.191 e. The van der Waals surface area contributed by atoms with Gasteiger partial charge in [0.25, 0.3) is 0 Å². The molecular weight excluding hydrogens is 104 g/mol. The first-order valence-electron chi connectivity index (χ1n) is 2.11. The third-order valence-electron chi connectivity index (χ3n) is 0.460. The average Bonchev–Trinajstić information content (AvgIpc) is 1.68. The minimum absolute atomic E-state index is 0.516. The maximum absolute atomic E-state index is 3.56. The molecule has 0 N–H and O–H groups in total. The van der Waals surface area contributed by atoms with Gasteiger partial charge in [0, 0.05) is 13.8 Å². The molecule has 0 atom stereocenters. The van der Waals surface area contributed by atoms with Crippen LogP contribution >= 0.6 is 0 Å². The van der Waals surface area contributed by atoms with Crippen LogP contribution in [0.1, 0.15) is 6.92 Å². The lowest BCUT2D eigenvalue weighted by Crippen LogP contribution is -1.79. The van der Waals surface area contributed by atoms with Gasteiger partial charge in [-0.1, -0.05) is 0 Å². The van der Waals surface area contributed by atoms with Gasteiger partial charge in [0.2, 0.25) is 0 Å². The van der Waals surface area contributed by atoms with E-state index >= 15 is 0 Å². The fraction of sp³-hybridized carbons (Fsp3) is 0.500. The molecule has 44 valence electrons. The quantitative estimate of drug-likeness (QED) is 0.211. The molecule has 0 aliphatic carbocycles. The van der Waals surface area contributed by atoms with Gasteiger partial charge in [-0.3, -0.25) is 0 Å². The van der Waals surface area contributed by atoms with Gasteiger partial charge in [0.15, 0.2) is 5.84 Å². The van der Waals surface area contributed by atoms with E-state index in [0.717, 1.165) is 0 Å². The molecule has 0 spiro atoms. The zero-order valence-electron chi connectivity index (χ0n) is 5.00. The molecule has 0 aromatic carbocycles. The maximum Gasteiger partial charge on any atom is 0.169 e. The molecule has 0 amide bonds. The molecular formula is C4H8N4. The van der Waals surface area contributed by atoms with E-state index in [0.29, 0.717) is 5.84 Å². The molecule has 0 aliphatic heterocycles. The van der Waals surface area contributed by atoms with Crippen molar-refractivity contribution >= 4 is 12.6 Å². The molecule has 0 rings (SSSR count). The molecule has 0 fully saturated rings. The van der Waals surface area contributed by atoms with Crippen LogP contribution in [0.2, 0.25) is 0 Å². The number of amidine groups is 1. The summed E-state index contributed by atoms with van der Waals surface area (Å²) < 4.78 is 0. The lowest BCUT2D eigenvalue weighted by Gasteiger charge is -1.79. The summed E-state index contributed by atoms with van der Waals surface area (Å²) in [6.07, 6.45) is 0. The highest BCUT2D eigenvalue weighted by molar-refractivity contribution is 5.79. The summed E-state index contributed by atoms with van der Waals surface area (Å²) in [5.41, 5.74) is 0. The summed E-state index contributed by atoms with van der Waals surface area (Å²) in [6.45, 7) is 4.84. The zero-order valence-corrected chi connectivity index (χ0v) is 5.00. The predicted octanol–water partition coefficient (Wildman–Crippen LogP) is 1.10. The smallest absolute Gasteiger partial charge is 0.169 e. The molecule has 0 aliphatic rings. The molecule has 0 bridgehead atoms. The van der Waals surface area contributed by atoms with Crippen LogP contribution in [0.3, 0.4) is 0 Å². The summed E-state index contributed by atoms with van der Waals surface area (Å²) in [4.78, 5) is 0. The fourth-order valence-corrected chi connectivity index (χ4v) is 0.267. The van der Waals surface area contributed by atoms with Gasteiger partial charge in [0.1, 0.15) is 0 Å². The summed E-state index contributed by atoms with van der Waals surface area (Å²) in [5, 5.41) is 13.7. The number of hydrogen-bond donors (Lipinski definition) is 0. The first-order valence-corrected chi connectivity index (χ1v) is 2.11. The largest absolute Gasteiger partial charge is 0.191 e. The van der Waals surface area contributed by atoms with Crippen molar-refractivity contribution in [3.63, 3.8) is 0 Å². The van der Waals surface area contributed by atoms with E-state index in [1.165, 1.54) is 0 Å². The van der Waals surface area contributed by atoms with E-state index in [9.17, 15) is 0 Å². The van der Waals surface area contributed by atoms with Gasteiger partial charge in [0.05, 0.1) is 0 Å². The summed E-state index contributed by atoms with van der Waals surface area (Å²) in [7, 11) is 1.57. The Morgan fingerprint density at radius 3 is 2.50 bits per heavy atom. The number of azo groups is 1. The Labute approximate surface area is 48.0 Å². The van der Waals surface area contributed by atoms with E-state index in [2.05, 4.69) is 27.1 Å². The Balaban J connectivity index is 3.79. The number of rotatable bonds is 1. The fourth-order valence-electron chi connectivity index (χ4n) is 0.267. The maximum atomic E-state index is 3.56. The highest BCUT2D eigenvalue weighted by Gasteiger charge is 1.77. The molecule has 4 nitrogen and oxygen atoms in total. The van der Waals surface area contributed by atoms with Crippen LogP contribution in [-0.4, -0.2) is 19.6 Å². The van der Waals surface area contributed by atoms with E-state index in [4.69, 9.17) is 0 Å². The van der Waals surface area contributed by atoms with E-state index in [1.54, 1.807) is 14.0 Å². The van der Waals surface area contributed by atoms with Crippen molar-refractivity contribution in [2.75, 3.05) is 7.05 Å². The van der Waals surface area contributed by atoms with Gasteiger partial charge in [-0.25, -0.2) is 0 Å². The normalized spacial score (nSPS) is 12.5. The Morgan fingerprint density at radius 2 is 2.12 bits per heavy atom. The average molecular weight is 112 g/mol. The number of hydrogen-bond acceptors (Lipinski definition) is 3. The van der Waals surface area contributed by atoms with Crippen LogP contribution in [0.4, 0.5) is 0 Å². The van der Waals surface area contributed by atoms with Gasteiger partial charge >= 0.3 is 0 Å². The molecule has 0 saturated carbocycles. The van der Waals surface area contributed by atoms with Crippen LogP contribution in [0, 0.1) is 0 Å². The lowest BCUT2D eigenvalue weighted by atomic mass is 10.7. The standard InChI is InChI=1S/C4H8N4/c1-4(7-5-2)8-6-3/h2H2,1,3H3/b7-4-,8-6-. The molecule has 0 aromatic rings. The molecule has 8 heavy (non-hydrogen) atoms. The third-order valence-corrected chi connectivity index (χ3v) is 0.460. The van der Waals surface area contributed by atoms with Crippen molar-refractivity contribution in [3.05, 3.63) is 0 Å². The second-order valence-electron chi connectivity index (χ2n) is 1.09. The van der Waals surface area contributed by atoms with E-state index < -0.39 is 0 Å². The highest BCUT2D eigenvalue weighted by atomic mass is 15.3. The molecule has 4 heteroatoms. The number of nitrogens with zero attached hydrogens (tertiary/aromatic N) is 4. The van der Waals surface area contributed by atoms with Crippen molar-refractivity contribution in [1.29, 1.82) is 0 Å². The van der Waals surface area contributed by atoms with Crippen molar-refractivity contribution in [1.82, 2.24) is 0 Å². The minimum atomic E-state index is 0.516. The second-order valence-corrected chi connectivity index (χ2v) is 1.09. The van der Waals surface area contributed by atoms with Crippen LogP contribution in [0.25, 0.3) is 0 Å². The summed E-state index contributed by atoms with van der Waals surface area (Å²) in [6, 6.07) is 0. The predicted molar refractivity (Wildman–Crippen MR) is 33.4 cm³/mol. The van der Waals surface area contributed by atoms with Crippen molar-refractivity contribution in [2.24, 2.45) is 20.4 Å². The molecule has 0 saturated heterocycles. The van der Waals surface area contributed by atoms with E-state index in [-0.39, 0.29) is 0 Å². The topological polar surface area (TPSA) is 49.4 Å². The second kappa shape index (κ2) is 4.11. The Hall–Kier alpha value is -1.06. The van der Waals surface area contributed by atoms with Crippen molar-refractivity contribution in [2.45, 2.75) is 6.92 Å². The van der Waals surface area contributed by atoms with Crippen LogP contribution < -0.4 is 0 Å². The Morgan fingerprint density at radius 1 is 1.50 bits per heavy atom. The summed E-state index contributed by atoms with van der Waals surface area (Å²) >= 11 is 0. The summed E-state index contributed by atoms with van der Waals surface area (Å²) in [5.74, 6) is 0.516. The zero-order chi connectivity index (χ0) is 6.41. The van der Waals surface area contributed by atoms with Gasteiger partial charge in [-0.15, -0.1) is 10.2 Å². The first kappa shape index (κ1) is 6.94. The van der Waals surface area contributed by atoms with Gasteiger partial charge in [-0.2, -0.15) is 10.2 Å². The molecule has 0 radical (unpaired) electrons. The highest BCUT2D eigenvalue weighted by Crippen LogP contribution is 1.79. The monoisotopic (exact) mass is 112 g/mol. The van der Waals surface area contributed by atoms with Crippen LogP contribution in [0.15, 0.2) is 20.4 Å². The first-order chi connectivity index (χ1) is 3.81. The molecule has 0 unspecified atom stereocenters. The van der Waals surface area contributed by atoms with E-state index in [1.807, 2.05) is 0 Å². The SMILES string of the molecule is C=N/N=C(C)\N=N/C. The third kappa shape index (κ3) is 3.14. The van der Waals surface area contributed by atoms with Crippen molar-refractivity contribution < 1.29 is 0 Å². The lowest BCUT2D eigenvalue weighted by molar-refractivity contribution is 1.15. The van der Waals surface area contributed by atoms with Gasteiger partial charge in [-0.05, 0) is 6.92 Å². The molecule has 0 aromatic heterocycles. The van der Waals surface area contributed by atoms with Crippen molar-refractivity contribution in [3.8, 4) is 0 Å². The Kier molecular flexibility index (Phi) is 3.56. The molecule has 0 heterocycles. The van der Waals surface area contributed by atoms with Gasteiger partial charge < -0.3 is 0 Å². The van der Waals surface area contributed by atoms with Crippen LogP contribution in [-0.2, 0) is 0 Å². The van der Waals surface area contributed by atoms with Crippen LogP contribution in [0.5, 0.6) is 0 Å². The Bertz CT molecular complexity index is 124.